The Hall–Kier alpha value is -3.82. The minimum Gasteiger partial charge on any atom is -0.496 e. The molecule has 1 aromatic heterocycles. The van der Waals surface area contributed by atoms with Gasteiger partial charge in [0.1, 0.15) is 17.1 Å². The number of ether oxygens (including phenoxy) is 2. The Kier molecular flexibility index (Phi) is 8.24. The van der Waals surface area contributed by atoms with E-state index in [1.807, 2.05) is 60.8 Å². The molecule has 4 aromatic rings. The number of hydrogen-bond acceptors (Lipinski definition) is 7. The van der Waals surface area contributed by atoms with Gasteiger partial charge < -0.3 is 20.1 Å². The molecule has 3 aromatic carbocycles. The molecule has 184 valence electrons. The maximum atomic E-state index is 13.0. The minimum atomic E-state index is -0.380. The summed E-state index contributed by atoms with van der Waals surface area (Å²) in [6, 6.07) is 22.3. The fraction of sp³-hybridized carbons (Fsp3) is 0.148. The Morgan fingerprint density at radius 1 is 0.917 bits per heavy atom. The van der Waals surface area contributed by atoms with Crippen molar-refractivity contribution >= 4 is 45.7 Å². The number of hydrogen-bond donors (Lipinski definition) is 2. The molecule has 0 radical (unpaired) electrons. The van der Waals surface area contributed by atoms with Gasteiger partial charge in [-0.3, -0.25) is 9.59 Å². The first-order valence-electron chi connectivity index (χ1n) is 11.1. The van der Waals surface area contributed by atoms with Crippen LogP contribution in [0, 0.1) is 0 Å². The SMILES string of the molecule is COc1cccc(OC)c1C(=O)Nc1cccc(SC(C)C(=O)Nc2nc(-c3ccccc3)cs2)c1. The average Bonchev–Trinajstić information content (AvgIpc) is 3.37. The van der Waals surface area contributed by atoms with Crippen molar-refractivity contribution in [2.45, 2.75) is 17.1 Å². The number of methoxy groups -OCH3 is 2. The predicted octanol–water partition coefficient (Wildman–Crippen LogP) is 6.20. The molecule has 0 bridgehead atoms. The Balaban J connectivity index is 1.40. The van der Waals surface area contributed by atoms with Crippen molar-refractivity contribution in [2.75, 3.05) is 24.9 Å². The van der Waals surface area contributed by atoms with Crippen molar-refractivity contribution in [3.05, 3.63) is 83.7 Å². The minimum absolute atomic E-state index is 0.151. The molecule has 9 heteroatoms. The van der Waals surface area contributed by atoms with E-state index in [-0.39, 0.29) is 17.1 Å². The monoisotopic (exact) mass is 519 g/mol. The number of amides is 2. The lowest BCUT2D eigenvalue weighted by atomic mass is 10.1. The average molecular weight is 520 g/mol. The summed E-state index contributed by atoms with van der Waals surface area (Å²) in [7, 11) is 3.01. The highest BCUT2D eigenvalue weighted by molar-refractivity contribution is 8.00. The number of nitrogens with one attached hydrogen (secondary N) is 2. The second kappa shape index (κ2) is 11.7. The molecule has 0 saturated heterocycles. The van der Waals surface area contributed by atoms with Gasteiger partial charge in [-0.15, -0.1) is 23.1 Å². The van der Waals surface area contributed by atoms with Crippen molar-refractivity contribution < 1.29 is 19.1 Å². The third kappa shape index (κ3) is 6.05. The van der Waals surface area contributed by atoms with Crippen LogP contribution in [0.5, 0.6) is 11.5 Å². The van der Waals surface area contributed by atoms with Gasteiger partial charge in [0, 0.05) is 21.5 Å². The summed E-state index contributed by atoms with van der Waals surface area (Å²) in [4.78, 5) is 31.1. The van der Waals surface area contributed by atoms with Gasteiger partial charge in [-0.1, -0.05) is 42.5 Å². The fourth-order valence-electron chi connectivity index (χ4n) is 3.45. The number of carbonyl (C=O) groups is 2. The summed E-state index contributed by atoms with van der Waals surface area (Å²) in [6.07, 6.45) is 0. The molecule has 0 saturated carbocycles. The third-order valence-electron chi connectivity index (χ3n) is 5.23. The van der Waals surface area contributed by atoms with E-state index < -0.39 is 0 Å². The second-order valence-electron chi connectivity index (χ2n) is 7.67. The number of nitrogens with zero attached hydrogens (tertiary/aromatic N) is 1. The standard InChI is InChI=1S/C27H25N3O4S2/c1-17(25(31)30-27-29-21(16-35-27)18-9-5-4-6-10-18)36-20-12-7-11-19(15-20)28-26(32)24-22(33-2)13-8-14-23(24)34-3/h4-17H,1-3H3,(H,28,32)(H,29,30,31). The summed E-state index contributed by atoms with van der Waals surface area (Å²) < 4.78 is 10.7. The quantitative estimate of drug-likeness (QED) is 0.256. The van der Waals surface area contributed by atoms with Crippen molar-refractivity contribution in [3.8, 4) is 22.8 Å². The van der Waals surface area contributed by atoms with E-state index in [1.165, 1.54) is 37.3 Å². The van der Waals surface area contributed by atoms with Crippen LogP contribution in [0.2, 0.25) is 0 Å². The van der Waals surface area contributed by atoms with Gasteiger partial charge in [-0.2, -0.15) is 0 Å². The van der Waals surface area contributed by atoms with Gasteiger partial charge in [0.05, 0.1) is 25.2 Å². The summed E-state index contributed by atoms with van der Waals surface area (Å²) in [5.74, 6) is 0.331. The third-order valence-corrected chi connectivity index (χ3v) is 7.08. The first kappa shape index (κ1) is 25.3. The van der Waals surface area contributed by atoms with Crippen LogP contribution >= 0.6 is 23.1 Å². The smallest absolute Gasteiger partial charge is 0.263 e. The first-order chi connectivity index (χ1) is 17.5. The molecular weight excluding hydrogens is 494 g/mol. The molecule has 1 heterocycles. The lowest BCUT2D eigenvalue weighted by Gasteiger charge is -2.14. The van der Waals surface area contributed by atoms with Crippen LogP contribution in [0.1, 0.15) is 17.3 Å². The van der Waals surface area contributed by atoms with E-state index in [1.54, 1.807) is 24.3 Å². The Bertz CT molecular complexity index is 1340. The molecule has 0 aliphatic carbocycles. The van der Waals surface area contributed by atoms with Crippen molar-refractivity contribution in [1.29, 1.82) is 0 Å². The predicted molar refractivity (Wildman–Crippen MR) is 145 cm³/mol. The Labute approximate surface area is 217 Å². The van der Waals surface area contributed by atoms with Gasteiger partial charge in [-0.25, -0.2) is 4.98 Å². The van der Waals surface area contributed by atoms with Gasteiger partial charge in [0.2, 0.25) is 5.91 Å². The van der Waals surface area contributed by atoms with E-state index in [4.69, 9.17) is 9.47 Å². The van der Waals surface area contributed by atoms with Crippen LogP contribution in [0.3, 0.4) is 0 Å². The van der Waals surface area contributed by atoms with Crippen LogP contribution in [-0.2, 0) is 4.79 Å². The zero-order chi connectivity index (χ0) is 25.5. The number of thiazole rings is 1. The highest BCUT2D eigenvalue weighted by atomic mass is 32.2. The molecule has 0 spiro atoms. The lowest BCUT2D eigenvalue weighted by Crippen LogP contribution is -2.22. The van der Waals surface area contributed by atoms with Gasteiger partial charge >= 0.3 is 0 Å². The second-order valence-corrected chi connectivity index (χ2v) is 9.95. The van der Waals surface area contributed by atoms with E-state index in [2.05, 4.69) is 15.6 Å². The number of benzene rings is 3. The summed E-state index contributed by atoms with van der Waals surface area (Å²) in [5.41, 5.74) is 2.73. The molecule has 0 fully saturated rings. The highest BCUT2D eigenvalue weighted by Crippen LogP contribution is 2.31. The van der Waals surface area contributed by atoms with Crippen LogP contribution in [0.15, 0.2) is 83.1 Å². The normalized spacial score (nSPS) is 11.4. The fourth-order valence-corrected chi connectivity index (χ4v) is 5.10. The molecule has 1 atom stereocenters. The van der Waals surface area contributed by atoms with Crippen molar-refractivity contribution in [2.24, 2.45) is 0 Å². The van der Waals surface area contributed by atoms with Crippen LogP contribution in [0.4, 0.5) is 10.8 Å². The maximum Gasteiger partial charge on any atom is 0.263 e. The van der Waals surface area contributed by atoms with Gasteiger partial charge in [0.15, 0.2) is 5.13 Å². The summed E-state index contributed by atoms with van der Waals surface area (Å²) in [6.45, 7) is 1.83. The van der Waals surface area contributed by atoms with Crippen molar-refractivity contribution in [1.82, 2.24) is 4.98 Å². The number of rotatable bonds is 9. The zero-order valence-electron chi connectivity index (χ0n) is 20.0. The largest absolute Gasteiger partial charge is 0.496 e. The highest BCUT2D eigenvalue weighted by Gasteiger charge is 2.20. The molecule has 0 aliphatic rings. The molecular formula is C27H25N3O4S2. The van der Waals surface area contributed by atoms with Crippen LogP contribution < -0.4 is 20.1 Å². The maximum absolute atomic E-state index is 13.0. The van der Waals surface area contributed by atoms with Crippen LogP contribution in [0.25, 0.3) is 11.3 Å². The first-order valence-corrected chi connectivity index (χ1v) is 12.8. The molecule has 4 rings (SSSR count). The van der Waals surface area contributed by atoms with E-state index >= 15 is 0 Å². The number of carbonyl (C=O) groups excluding carboxylic acids is 2. The Morgan fingerprint density at radius 3 is 2.31 bits per heavy atom. The Morgan fingerprint density at radius 2 is 1.61 bits per heavy atom. The number of aromatic nitrogens is 1. The topological polar surface area (TPSA) is 89.5 Å². The van der Waals surface area contributed by atoms with Gasteiger partial charge in [0.25, 0.3) is 5.91 Å². The zero-order valence-corrected chi connectivity index (χ0v) is 21.6. The number of anilines is 2. The molecule has 1 unspecified atom stereocenters. The molecule has 2 N–H and O–H groups in total. The van der Waals surface area contributed by atoms with Crippen LogP contribution in [-0.4, -0.2) is 36.3 Å². The molecule has 2 amide bonds. The molecule has 0 aliphatic heterocycles. The molecule has 7 nitrogen and oxygen atoms in total. The van der Waals surface area contributed by atoms with Gasteiger partial charge in [-0.05, 0) is 37.3 Å². The van der Waals surface area contributed by atoms with E-state index in [0.717, 1.165) is 16.2 Å². The lowest BCUT2D eigenvalue weighted by molar-refractivity contribution is -0.115. The molecule has 36 heavy (non-hydrogen) atoms. The van der Waals surface area contributed by atoms with E-state index in [9.17, 15) is 9.59 Å². The van der Waals surface area contributed by atoms with E-state index in [0.29, 0.717) is 27.9 Å². The summed E-state index contributed by atoms with van der Waals surface area (Å²) >= 11 is 2.78. The van der Waals surface area contributed by atoms with Crippen molar-refractivity contribution in [3.63, 3.8) is 0 Å². The summed E-state index contributed by atoms with van der Waals surface area (Å²) in [5, 5.41) is 7.88. The number of thioether (sulfide) groups is 1.